The fourth-order valence-corrected chi connectivity index (χ4v) is 4.31. The summed E-state index contributed by atoms with van der Waals surface area (Å²) in [5.41, 5.74) is 0. The van der Waals surface area contributed by atoms with Gasteiger partial charge in [-0.2, -0.15) is 5.26 Å². The smallest absolute Gasteiger partial charge is 0.194 e. The molecule has 1 saturated carbocycles. The molecule has 1 aromatic rings. The van der Waals surface area contributed by atoms with Crippen molar-refractivity contribution in [2.45, 2.75) is 35.8 Å². The molecule has 0 aromatic heterocycles. The summed E-state index contributed by atoms with van der Waals surface area (Å²) in [6, 6.07) is 7.99. The molecular formula is C13H14ClNO2S. The van der Waals surface area contributed by atoms with Gasteiger partial charge in [-0.1, -0.05) is 24.4 Å². The maximum atomic E-state index is 12.4. The fourth-order valence-electron chi connectivity index (χ4n) is 2.46. The van der Waals surface area contributed by atoms with E-state index in [1.807, 2.05) is 6.07 Å². The van der Waals surface area contributed by atoms with Gasteiger partial charge in [-0.3, -0.25) is 0 Å². The summed E-state index contributed by atoms with van der Waals surface area (Å²) in [7, 11) is -3.57. The molecule has 18 heavy (non-hydrogen) atoms. The average molecular weight is 284 g/mol. The second-order valence-corrected chi connectivity index (χ2v) is 7.10. The van der Waals surface area contributed by atoms with Crippen molar-refractivity contribution in [2.24, 2.45) is 5.92 Å². The highest BCUT2D eigenvalue weighted by Gasteiger charge is 2.36. The molecule has 0 N–H and O–H groups in total. The highest BCUT2D eigenvalue weighted by atomic mass is 35.5. The maximum Gasteiger partial charge on any atom is 0.194 e. The van der Waals surface area contributed by atoms with Crippen molar-refractivity contribution in [3.63, 3.8) is 0 Å². The lowest BCUT2D eigenvalue weighted by Crippen LogP contribution is -2.27. The summed E-state index contributed by atoms with van der Waals surface area (Å²) < 4.78 is 24.8. The molecule has 0 spiro atoms. The molecule has 1 fully saturated rings. The van der Waals surface area contributed by atoms with Gasteiger partial charge in [-0.05, 0) is 43.0 Å². The van der Waals surface area contributed by atoms with E-state index in [-0.39, 0.29) is 10.8 Å². The predicted molar refractivity (Wildman–Crippen MR) is 70.0 cm³/mol. The molecule has 96 valence electrons. The van der Waals surface area contributed by atoms with Gasteiger partial charge >= 0.3 is 0 Å². The Morgan fingerprint density at radius 3 is 2.28 bits per heavy atom. The number of hydrogen-bond acceptors (Lipinski definition) is 3. The molecule has 2 rings (SSSR count). The van der Waals surface area contributed by atoms with Crippen LogP contribution in [0.4, 0.5) is 0 Å². The van der Waals surface area contributed by atoms with Crippen LogP contribution in [-0.2, 0) is 9.84 Å². The number of hydrogen-bond donors (Lipinski definition) is 0. The Balaban J connectivity index is 2.34. The fraction of sp³-hybridized carbons (Fsp3) is 0.462. The van der Waals surface area contributed by atoms with Crippen LogP contribution >= 0.6 is 11.6 Å². The van der Waals surface area contributed by atoms with Crippen molar-refractivity contribution >= 4 is 21.4 Å². The van der Waals surface area contributed by atoms with Crippen molar-refractivity contribution < 1.29 is 8.42 Å². The van der Waals surface area contributed by atoms with Gasteiger partial charge in [0.2, 0.25) is 0 Å². The topological polar surface area (TPSA) is 57.9 Å². The molecule has 0 aliphatic heterocycles. The van der Waals surface area contributed by atoms with E-state index in [9.17, 15) is 13.7 Å². The lowest BCUT2D eigenvalue weighted by atomic mass is 10.1. The third-order valence-corrected chi connectivity index (χ3v) is 5.77. The van der Waals surface area contributed by atoms with Crippen LogP contribution in [0.25, 0.3) is 0 Å². The second kappa shape index (κ2) is 5.29. The summed E-state index contributed by atoms with van der Waals surface area (Å²) in [4.78, 5) is 0.186. The van der Waals surface area contributed by atoms with Crippen LogP contribution in [0.3, 0.4) is 0 Å². The molecule has 1 aliphatic carbocycles. The first-order valence-corrected chi connectivity index (χ1v) is 7.87. The van der Waals surface area contributed by atoms with Gasteiger partial charge in [0, 0.05) is 5.02 Å². The minimum absolute atomic E-state index is 0.0318. The summed E-state index contributed by atoms with van der Waals surface area (Å²) in [5, 5.41) is 8.74. The van der Waals surface area contributed by atoms with Crippen molar-refractivity contribution in [3.8, 4) is 6.07 Å². The van der Waals surface area contributed by atoms with Gasteiger partial charge in [0.05, 0.1) is 11.0 Å². The van der Waals surface area contributed by atoms with Crippen molar-refractivity contribution in [3.05, 3.63) is 29.3 Å². The Hall–Kier alpha value is -1.05. The Labute approximate surface area is 112 Å². The Morgan fingerprint density at radius 1 is 1.22 bits per heavy atom. The number of halogens is 1. The summed E-state index contributed by atoms with van der Waals surface area (Å²) in [6.07, 6.45) is 3.67. The number of rotatable bonds is 3. The third-order valence-electron chi connectivity index (χ3n) is 3.43. The summed E-state index contributed by atoms with van der Waals surface area (Å²) >= 11 is 5.74. The molecule has 0 amide bonds. The molecule has 3 nitrogen and oxygen atoms in total. The highest BCUT2D eigenvalue weighted by Crippen LogP contribution is 2.33. The van der Waals surface area contributed by atoms with Crippen LogP contribution in [0.15, 0.2) is 29.2 Å². The molecule has 1 unspecified atom stereocenters. The molecule has 1 aliphatic rings. The monoisotopic (exact) mass is 283 g/mol. The van der Waals surface area contributed by atoms with Crippen LogP contribution in [0, 0.1) is 17.2 Å². The first kappa shape index (κ1) is 13.4. The molecular weight excluding hydrogens is 270 g/mol. The van der Waals surface area contributed by atoms with E-state index < -0.39 is 15.1 Å². The van der Waals surface area contributed by atoms with Crippen LogP contribution in [0.1, 0.15) is 25.7 Å². The van der Waals surface area contributed by atoms with Gasteiger partial charge < -0.3 is 0 Å². The van der Waals surface area contributed by atoms with Crippen LogP contribution in [0.5, 0.6) is 0 Å². The number of benzene rings is 1. The molecule has 0 saturated heterocycles. The quantitative estimate of drug-likeness (QED) is 0.856. The number of nitrogens with zero attached hydrogens (tertiary/aromatic N) is 1. The first-order valence-electron chi connectivity index (χ1n) is 5.95. The van der Waals surface area contributed by atoms with Gasteiger partial charge in [-0.25, -0.2) is 8.42 Å². The van der Waals surface area contributed by atoms with Gasteiger partial charge in [0.25, 0.3) is 0 Å². The van der Waals surface area contributed by atoms with Crippen molar-refractivity contribution in [1.29, 1.82) is 5.26 Å². The molecule has 0 radical (unpaired) electrons. The Bertz CT molecular complexity index is 554. The van der Waals surface area contributed by atoms with Crippen LogP contribution in [-0.4, -0.2) is 13.7 Å². The predicted octanol–water partition coefficient (Wildman–Crippen LogP) is 3.20. The molecule has 1 aromatic carbocycles. The van der Waals surface area contributed by atoms with E-state index in [0.29, 0.717) is 5.02 Å². The van der Waals surface area contributed by atoms with E-state index >= 15 is 0 Å². The third kappa shape index (κ3) is 2.52. The minimum Gasteiger partial charge on any atom is -0.222 e. The lowest BCUT2D eigenvalue weighted by molar-refractivity contribution is 0.525. The van der Waals surface area contributed by atoms with E-state index in [1.54, 1.807) is 0 Å². The van der Waals surface area contributed by atoms with Gasteiger partial charge in [-0.15, -0.1) is 0 Å². The number of sulfone groups is 1. The average Bonchev–Trinajstić information content (AvgIpc) is 2.84. The van der Waals surface area contributed by atoms with Gasteiger partial charge in [0.15, 0.2) is 15.1 Å². The number of nitriles is 1. The van der Waals surface area contributed by atoms with E-state index in [0.717, 1.165) is 25.7 Å². The summed E-state index contributed by atoms with van der Waals surface area (Å²) in [6.45, 7) is 0. The molecule has 1 atom stereocenters. The van der Waals surface area contributed by atoms with Crippen molar-refractivity contribution in [2.75, 3.05) is 0 Å². The first-order chi connectivity index (χ1) is 8.55. The SMILES string of the molecule is N#CC(C1CCCC1)S(=O)(=O)c1ccc(Cl)cc1. The molecule has 5 heteroatoms. The highest BCUT2D eigenvalue weighted by molar-refractivity contribution is 7.92. The van der Waals surface area contributed by atoms with E-state index in [4.69, 9.17) is 11.6 Å². The summed E-state index contributed by atoms with van der Waals surface area (Å²) in [5.74, 6) is -0.0318. The standard InChI is InChI=1S/C13H14ClNO2S/c14-11-5-7-12(8-6-11)18(16,17)13(9-15)10-3-1-2-4-10/h5-8,10,13H,1-4H2. The van der Waals surface area contributed by atoms with Crippen LogP contribution in [0.2, 0.25) is 5.02 Å². The second-order valence-electron chi connectivity index (χ2n) is 4.59. The maximum absolute atomic E-state index is 12.4. The zero-order valence-corrected chi connectivity index (χ0v) is 11.4. The minimum atomic E-state index is -3.57. The molecule has 0 heterocycles. The Kier molecular flexibility index (Phi) is 3.94. The zero-order valence-electron chi connectivity index (χ0n) is 9.84. The zero-order chi connectivity index (χ0) is 13.2. The van der Waals surface area contributed by atoms with Crippen molar-refractivity contribution in [1.82, 2.24) is 0 Å². The van der Waals surface area contributed by atoms with E-state index in [2.05, 4.69) is 0 Å². The lowest BCUT2D eigenvalue weighted by Gasteiger charge is -2.16. The van der Waals surface area contributed by atoms with Crippen LogP contribution < -0.4 is 0 Å². The van der Waals surface area contributed by atoms with Gasteiger partial charge in [0.1, 0.15) is 0 Å². The Morgan fingerprint density at radius 2 is 1.78 bits per heavy atom. The normalized spacial score (nSPS) is 18.4. The molecule has 0 bridgehead atoms. The largest absolute Gasteiger partial charge is 0.222 e. The van der Waals surface area contributed by atoms with E-state index in [1.165, 1.54) is 24.3 Å².